The van der Waals surface area contributed by atoms with Crippen molar-refractivity contribution in [3.8, 4) is 6.07 Å². The Hall–Kier alpha value is -0.590. The van der Waals surface area contributed by atoms with Crippen molar-refractivity contribution in [3.05, 3.63) is 0 Å². The van der Waals surface area contributed by atoms with Crippen LogP contribution in [0.1, 0.15) is 27.7 Å². The molecule has 0 aliphatic carbocycles. The highest BCUT2D eigenvalue weighted by Gasteiger charge is 2.30. The van der Waals surface area contributed by atoms with E-state index >= 15 is 0 Å². The average molecular weight is 184 g/mol. The van der Waals surface area contributed by atoms with E-state index in [0.717, 1.165) is 6.54 Å². The first-order chi connectivity index (χ1) is 5.96. The smallest absolute Gasteiger partial charge is 0.130 e. The lowest BCUT2D eigenvalue weighted by Crippen LogP contribution is -2.51. The highest BCUT2D eigenvalue weighted by atomic mass is 16.5. The maximum Gasteiger partial charge on any atom is 0.130 e. The zero-order valence-corrected chi connectivity index (χ0v) is 9.22. The van der Waals surface area contributed by atoms with Gasteiger partial charge in [0.15, 0.2) is 0 Å². The van der Waals surface area contributed by atoms with E-state index in [2.05, 4.69) is 25.2 Å². The summed E-state index contributed by atoms with van der Waals surface area (Å²) in [6.07, 6.45) is -0.101. The van der Waals surface area contributed by atoms with Gasteiger partial charge in [-0.3, -0.25) is 5.32 Å². The highest BCUT2D eigenvalue weighted by Crippen LogP contribution is 2.11. The first-order valence-electron chi connectivity index (χ1n) is 4.65. The molecule has 0 bridgehead atoms. The molecule has 0 spiro atoms. The van der Waals surface area contributed by atoms with Crippen LogP contribution in [0.2, 0.25) is 0 Å². The Morgan fingerprint density at radius 2 is 2.00 bits per heavy atom. The second-order valence-electron chi connectivity index (χ2n) is 3.97. The summed E-state index contributed by atoms with van der Waals surface area (Å²) in [6, 6.07) is 2.25. The fourth-order valence-corrected chi connectivity index (χ4v) is 0.926. The van der Waals surface area contributed by atoms with Gasteiger partial charge in [-0.2, -0.15) is 5.26 Å². The van der Waals surface area contributed by atoms with E-state index in [4.69, 9.17) is 10.00 Å². The summed E-state index contributed by atoms with van der Waals surface area (Å²) in [6.45, 7) is 8.82. The summed E-state index contributed by atoms with van der Waals surface area (Å²) in [4.78, 5) is 0. The largest absolute Gasteiger partial charge is 0.379 e. The van der Waals surface area contributed by atoms with Gasteiger partial charge in [-0.25, -0.2) is 0 Å². The molecule has 0 aromatic carbocycles. The predicted molar refractivity (Wildman–Crippen MR) is 53.3 cm³/mol. The van der Waals surface area contributed by atoms with Gasteiger partial charge in [0.1, 0.15) is 5.54 Å². The molecule has 0 aromatic rings. The maximum absolute atomic E-state index is 9.01. The molecule has 2 unspecified atom stereocenters. The van der Waals surface area contributed by atoms with Crippen molar-refractivity contribution >= 4 is 0 Å². The third-order valence-corrected chi connectivity index (χ3v) is 2.28. The van der Waals surface area contributed by atoms with E-state index in [1.807, 2.05) is 13.8 Å². The Bertz CT molecular complexity index is 186. The fourth-order valence-electron chi connectivity index (χ4n) is 0.926. The molecule has 3 heteroatoms. The number of methoxy groups -OCH3 is 1. The number of nitriles is 1. The minimum atomic E-state index is -0.584. The summed E-state index contributed by atoms with van der Waals surface area (Å²) < 4.78 is 5.15. The molecule has 76 valence electrons. The molecule has 0 saturated heterocycles. The van der Waals surface area contributed by atoms with Crippen LogP contribution in [-0.2, 0) is 4.74 Å². The number of ether oxygens (including phenoxy) is 1. The van der Waals surface area contributed by atoms with Crippen molar-refractivity contribution in [2.24, 2.45) is 5.92 Å². The lowest BCUT2D eigenvalue weighted by molar-refractivity contribution is 0.0613. The first-order valence-corrected chi connectivity index (χ1v) is 4.65. The van der Waals surface area contributed by atoms with Crippen molar-refractivity contribution < 1.29 is 4.74 Å². The lowest BCUT2D eigenvalue weighted by Gasteiger charge is -2.29. The minimum Gasteiger partial charge on any atom is -0.379 e. The Balaban J connectivity index is 4.22. The standard InChI is InChI=1S/C10H20N2O/c1-8(2)6-12-10(4,7-11)9(3)13-5/h8-9,12H,6H2,1-5H3. The number of rotatable bonds is 5. The molecule has 2 atom stereocenters. The van der Waals surface area contributed by atoms with Crippen molar-refractivity contribution in [2.45, 2.75) is 39.3 Å². The van der Waals surface area contributed by atoms with Crippen molar-refractivity contribution in [1.29, 1.82) is 5.26 Å². The lowest BCUT2D eigenvalue weighted by atomic mass is 9.97. The van der Waals surface area contributed by atoms with Gasteiger partial charge in [-0.1, -0.05) is 13.8 Å². The van der Waals surface area contributed by atoms with Gasteiger partial charge in [0.25, 0.3) is 0 Å². The van der Waals surface area contributed by atoms with Crippen molar-refractivity contribution in [1.82, 2.24) is 5.32 Å². The molecule has 0 amide bonds. The molecular formula is C10H20N2O. The van der Waals surface area contributed by atoms with Gasteiger partial charge < -0.3 is 4.74 Å². The molecule has 0 heterocycles. The van der Waals surface area contributed by atoms with Crippen LogP contribution in [0, 0.1) is 17.2 Å². The van der Waals surface area contributed by atoms with Crippen molar-refractivity contribution in [2.75, 3.05) is 13.7 Å². The molecule has 1 N–H and O–H groups in total. The van der Waals surface area contributed by atoms with E-state index < -0.39 is 5.54 Å². The van der Waals surface area contributed by atoms with Crippen LogP contribution in [0.15, 0.2) is 0 Å². The minimum absolute atomic E-state index is 0.101. The van der Waals surface area contributed by atoms with Crippen LogP contribution in [0.25, 0.3) is 0 Å². The molecule has 0 saturated carbocycles. The molecule has 0 aliphatic heterocycles. The summed E-state index contributed by atoms with van der Waals surface area (Å²) in [5, 5.41) is 12.2. The zero-order valence-electron chi connectivity index (χ0n) is 9.22. The van der Waals surface area contributed by atoms with Crippen LogP contribution in [0.4, 0.5) is 0 Å². The van der Waals surface area contributed by atoms with Gasteiger partial charge in [0.05, 0.1) is 12.2 Å². The molecule has 0 rings (SSSR count). The normalized spacial score (nSPS) is 17.9. The molecule has 3 nitrogen and oxygen atoms in total. The number of hydrogen-bond acceptors (Lipinski definition) is 3. The Kier molecular flexibility index (Phi) is 4.97. The van der Waals surface area contributed by atoms with E-state index in [0.29, 0.717) is 5.92 Å². The average Bonchev–Trinajstić information content (AvgIpc) is 2.12. The topological polar surface area (TPSA) is 45.0 Å². The molecule has 0 fully saturated rings. The van der Waals surface area contributed by atoms with Crippen LogP contribution in [0.3, 0.4) is 0 Å². The summed E-state index contributed by atoms with van der Waals surface area (Å²) in [5.74, 6) is 0.539. The van der Waals surface area contributed by atoms with Crippen LogP contribution < -0.4 is 5.32 Å². The number of hydrogen-bond donors (Lipinski definition) is 1. The summed E-state index contributed by atoms with van der Waals surface area (Å²) >= 11 is 0. The second kappa shape index (κ2) is 5.21. The second-order valence-corrected chi connectivity index (χ2v) is 3.97. The number of nitrogens with one attached hydrogen (secondary N) is 1. The zero-order chi connectivity index (χ0) is 10.5. The summed E-state index contributed by atoms with van der Waals surface area (Å²) in [7, 11) is 1.62. The van der Waals surface area contributed by atoms with E-state index in [9.17, 15) is 0 Å². The Morgan fingerprint density at radius 1 is 1.46 bits per heavy atom. The van der Waals surface area contributed by atoms with Gasteiger partial charge in [-0.15, -0.1) is 0 Å². The van der Waals surface area contributed by atoms with Crippen molar-refractivity contribution in [3.63, 3.8) is 0 Å². The van der Waals surface area contributed by atoms with E-state index in [-0.39, 0.29) is 6.10 Å². The van der Waals surface area contributed by atoms with Crippen LogP contribution in [0.5, 0.6) is 0 Å². The first kappa shape index (κ1) is 12.4. The number of nitrogens with zero attached hydrogens (tertiary/aromatic N) is 1. The molecule has 0 aliphatic rings. The quantitative estimate of drug-likeness (QED) is 0.705. The third kappa shape index (κ3) is 3.75. The fraction of sp³-hybridized carbons (Fsp3) is 0.900. The van der Waals surface area contributed by atoms with Crippen LogP contribution >= 0.6 is 0 Å². The third-order valence-electron chi connectivity index (χ3n) is 2.28. The predicted octanol–water partition coefficient (Wildman–Crippen LogP) is 1.55. The molecule has 0 aromatic heterocycles. The Labute approximate surface area is 81.1 Å². The Morgan fingerprint density at radius 3 is 2.31 bits per heavy atom. The van der Waals surface area contributed by atoms with Crippen LogP contribution in [-0.4, -0.2) is 25.3 Å². The van der Waals surface area contributed by atoms with E-state index in [1.54, 1.807) is 7.11 Å². The maximum atomic E-state index is 9.01. The van der Waals surface area contributed by atoms with E-state index in [1.165, 1.54) is 0 Å². The summed E-state index contributed by atoms with van der Waals surface area (Å²) in [5.41, 5.74) is -0.584. The monoisotopic (exact) mass is 184 g/mol. The molecule has 0 radical (unpaired) electrons. The van der Waals surface area contributed by atoms with Gasteiger partial charge >= 0.3 is 0 Å². The SMILES string of the molecule is COC(C)C(C)(C#N)NCC(C)C. The highest BCUT2D eigenvalue weighted by molar-refractivity contribution is 5.07. The molecule has 13 heavy (non-hydrogen) atoms. The van der Waals surface area contributed by atoms with Gasteiger partial charge in [0, 0.05) is 7.11 Å². The molecular weight excluding hydrogens is 164 g/mol. The van der Waals surface area contributed by atoms with Gasteiger partial charge in [0.2, 0.25) is 0 Å². The van der Waals surface area contributed by atoms with Gasteiger partial charge in [-0.05, 0) is 26.3 Å².